The van der Waals surface area contributed by atoms with Crippen molar-refractivity contribution in [3.05, 3.63) is 47.1 Å². The highest BCUT2D eigenvalue weighted by molar-refractivity contribution is 6.01. The first-order valence-corrected chi connectivity index (χ1v) is 9.77. The molecule has 0 N–H and O–H groups in total. The Bertz CT molecular complexity index is 856. The van der Waals surface area contributed by atoms with Crippen LogP contribution in [0.2, 0.25) is 0 Å². The number of hydrogen-bond donors (Lipinski definition) is 0. The summed E-state index contributed by atoms with van der Waals surface area (Å²) in [5, 5.41) is 0. The quantitative estimate of drug-likeness (QED) is 0.562. The molecule has 0 radical (unpaired) electrons. The fourth-order valence-electron chi connectivity index (χ4n) is 5.78. The molecule has 0 aromatic heterocycles. The summed E-state index contributed by atoms with van der Waals surface area (Å²) in [6.07, 6.45) is 13.6. The van der Waals surface area contributed by atoms with Crippen molar-refractivity contribution in [1.82, 2.24) is 0 Å². The van der Waals surface area contributed by atoms with E-state index in [1.165, 1.54) is 18.1 Å². The molecule has 0 spiro atoms. The lowest BCUT2D eigenvalue weighted by atomic mass is 9.52. The monoisotopic (exact) mass is 366 g/mol. The van der Waals surface area contributed by atoms with E-state index in [9.17, 15) is 14.4 Å². The second-order valence-electron chi connectivity index (χ2n) is 8.70. The Kier molecular flexibility index (Phi) is 4.13. The highest BCUT2D eigenvalue weighted by Crippen LogP contribution is 2.62. The molecule has 0 saturated heterocycles. The van der Waals surface area contributed by atoms with Gasteiger partial charge in [0.05, 0.1) is 0 Å². The zero-order chi connectivity index (χ0) is 19.4. The number of rotatable bonds is 3. The third kappa shape index (κ3) is 2.69. The van der Waals surface area contributed by atoms with Gasteiger partial charge in [-0.25, -0.2) is 0 Å². The molecule has 4 heteroatoms. The lowest BCUT2D eigenvalue weighted by Crippen LogP contribution is -2.43. The van der Waals surface area contributed by atoms with Gasteiger partial charge in [0.15, 0.2) is 18.2 Å². The summed E-state index contributed by atoms with van der Waals surface area (Å²) in [6, 6.07) is 0. The van der Waals surface area contributed by atoms with Gasteiger partial charge >= 0.3 is 5.97 Å². The molecule has 4 rings (SSSR count). The summed E-state index contributed by atoms with van der Waals surface area (Å²) in [6.45, 7) is 5.56. The SMILES string of the molecule is CC(=O)OCC(=O)C1=CC[C@@H]2[C@@H]3CCC4=CC(=O)C=C[C@]4(C)C3=CC[C@@]12C. The Morgan fingerprint density at radius 1 is 1.26 bits per heavy atom. The van der Waals surface area contributed by atoms with E-state index in [0.717, 1.165) is 31.3 Å². The van der Waals surface area contributed by atoms with Crippen LogP contribution in [0.5, 0.6) is 0 Å². The number of fused-ring (bicyclic) bond motifs is 5. The first-order valence-electron chi connectivity index (χ1n) is 9.77. The van der Waals surface area contributed by atoms with Crippen LogP contribution in [0, 0.1) is 22.7 Å². The Morgan fingerprint density at radius 3 is 2.78 bits per heavy atom. The van der Waals surface area contributed by atoms with Crippen molar-refractivity contribution < 1.29 is 19.1 Å². The van der Waals surface area contributed by atoms with Crippen molar-refractivity contribution in [1.29, 1.82) is 0 Å². The van der Waals surface area contributed by atoms with Gasteiger partial charge in [-0.2, -0.15) is 0 Å². The predicted molar refractivity (Wildman–Crippen MR) is 102 cm³/mol. The minimum atomic E-state index is -0.423. The number of hydrogen-bond acceptors (Lipinski definition) is 4. The van der Waals surface area contributed by atoms with E-state index in [2.05, 4.69) is 32.1 Å². The fraction of sp³-hybridized carbons (Fsp3) is 0.522. The molecule has 27 heavy (non-hydrogen) atoms. The number of carbonyl (C=O) groups is 3. The van der Waals surface area contributed by atoms with Crippen LogP contribution in [-0.2, 0) is 19.1 Å². The van der Waals surface area contributed by atoms with Crippen molar-refractivity contribution in [2.75, 3.05) is 6.61 Å². The van der Waals surface area contributed by atoms with E-state index in [0.29, 0.717) is 11.8 Å². The van der Waals surface area contributed by atoms with Gasteiger partial charge in [0, 0.05) is 23.3 Å². The summed E-state index contributed by atoms with van der Waals surface area (Å²) in [4.78, 5) is 35.6. The second kappa shape index (κ2) is 6.15. The lowest BCUT2D eigenvalue weighted by molar-refractivity contribution is -0.145. The summed E-state index contributed by atoms with van der Waals surface area (Å²) < 4.78 is 4.95. The van der Waals surface area contributed by atoms with Gasteiger partial charge in [-0.1, -0.05) is 36.3 Å². The minimum Gasteiger partial charge on any atom is -0.457 e. The van der Waals surface area contributed by atoms with E-state index in [4.69, 9.17) is 4.74 Å². The summed E-state index contributed by atoms with van der Waals surface area (Å²) in [7, 11) is 0. The van der Waals surface area contributed by atoms with Crippen LogP contribution < -0.4 is 0 Å². The number of Topliss-reactive ketones (excluding diaryl/α,β-unsaturated/α-hetero) is 1. The maximum Gasteiger partial charge on any atom is 0.303 e. The standard InChI is InChI=1S/C23H26O4/c1-14(24)27-13-21(26)20-7-6-18-17-5-4-15-12-16(25)8-10-22(15,2)19(17)9-11-23(18,20)3/h7-10,12,17-18H,4-6,11,13H2,1-3H3/t17-,18+,22-,23+/m0/s1. The highest BCUT2D eigenvalue weighted by atomic mass is 16.5. The normalized spacial score (nSPS) is 36.7. The first-order chi connectivity index (χ1) is 12.8. The molecule has 142 valence electrons. The van der Waals surface area contributed by atoms with E-state index in [-0.39, 0.29) is 29.0 Å². The first kappa shape index (κ1) is 18.1. The largest absolute Gasteiger partial charge is 0.457 e. The number of ether oxygens (including phenoxy) is 1. The van der Waals surface area contributed by atoms with Gasteiger partial charge in [0.1, 0.15) is 0 Å². The molecule has 0 heterocycles. The molecule has 0 aromatic carbocycles. The molecule has 0 bridgehead atoms. The number of ketones is 2. The minimum absolute atomic E-state index is 0.0715. The Hall–Kier alpha value is -2.23. The van der Waals surface area contributed by atoms with Crippen LogP contribution in [-0.4, -0.2) is 24.1 Å². The molecule has 4 atom stereocenters. The third-order valence-corrected chi connectivity index (χ3v) is 7.24. The van der Waals surface area contributed by atoms with Gasteiger partial charge in [-0.3, -0.25) is 14.4 Å². The smallest absolute Gasteiger partial charge is 0.303 e. The maximum absolute atomic E-state index is 12.7. The van der Waals surface area contributed by atoms with Crippen LogP contribution in [0.15, 0.2) is 47.1 Å². The predicted octanol–water partition coefficient (Wildman–Crippen LogP) is 3.88. The third-order valence-electron chi connectivity index (χ3n) is 7.24. The summed E-state index contributed by atoms with van der Waals surface area (Å²) in [5.74, 6) is 0.394. The van der Waals surface area contributed by atoms with Gasteiger partial charge < -0.3 is 4.74 Å². The van der Waals surface area contributed by atoms with Crippen molar-refractivity contribution >= 4 is 17.5 Å². The van der Waals surface area contributed by atoms with Crippen molar-refractivity contribution in [3.8, 4) is 0 Å². The topological polar surface area (TPSA) is 60.4 Å². The molecule has 0 unspecified atom stereocenters. The summed E-state index contributed by atoms with van der Waals surface area (Å²) >= 11 is 0. The van der Waals surface area contributed by atoms with E-state index in [1.54, 1.807) is 6.08 Å². The summed E-state index contributed by atoms with van der Waals surface area (Å²) in [5.41, 5.74) is 3.09. The number of allylic oxidation sites excluding steroid dienone is 7. The van der Waals surface area contributed by atoms with Gasteiger partial charge in [-0.05, 0) is 56.6 Å². The van der Waals surface area contributed by atoms with Crippen LogP contribution in [0.3, 0.4) is 0 Å². The van der Waals surface area contributed by atoms with Crippen LogP contribution >= 0.6 is 0 Å². The van der Waals surface area contributed by atoms with Crippen LogP contribution in [0.25, 0.3) is 0 Å². The fourth-order valence-corrected chi connectivity index (χ4v) is 5.78. The Morgan fingerprint density at radius 2 is 2.04 bits per heavy atom. The zero-order valence-electron chi connectivity index (χ0n) is 16.2. The van der Waals surface area contributed by atoms with E-state index >= 15 is 0 Å². The molecule has 0 aliphatic heterocycles. The number of carbonyl (C=O) groups excluding carboxylic acids is 3. The van der Waals surface area contributed by atoms with E-state index in [1.807, 2.05) is 6.08 Å². The Labute approximate surface area is 160 Å². The number of esters is 1. The average Bonchev–Trinajstić information content (AvgIpc) is 2.97. The van der Waals surface area contributed by atoms with Crippen LogP contribution in [0.4, 0.5) is 0 Å². The molecule has 1 fully saturated rings. The molecular formula is C23H26O4. The molecule has 0 aromatic rings. The van der Waals surface area contributed by atoms with Gasteiger partial charge in [0.25, 0.3) is 0 Å². The van der Waals surface area contributed by atoms with Crippen molar-refractivity contribution in [2.45, 2.75) is 46.5 Å². The zero-order valence-corrected chi connectivity index (χ0v) is 16.2. The van der Waals surface area contributed by atoms with Crippen LogP contribution in [0.1, 0.15) is 46.5 Å². The Balaban J connectivity index is 1.63. The maximum atomic E-state index is 12.7. The molecule has 4 aliphatic carbocycles. The van der Waals surface area contributed by atoms with Crippen molar-refractivity contribution in [2.24, 2.45) is 22.7 Å². The lowest BCUT2D eigenvalue weighted by Gasteiger charge is -2.51. The van der Waals surface area contributed by atoms with Gasteiger partial charge in [0.2, 0.25) is 0 Å². The molecule has 0 amide bonds. The van der Waals surface area contributed by atoms with Crippen molar-refractivity contribution in [3.63, 3.8) is 0 Å². The second-order valence-corrected chi connectivity index (χ2v) is 8.70. The highest BCUT2D eigenvalue weighted by Gasteiger charge is 2.54. The molecule has 1 saturated carbocycles. The van der Waals surface area contributed by atoms with E-state index < -0.39 is 5.97 Å². The molecular weight excluding hydrogens is 340 g/mol. The molecule has 4 aliphatic rings. The molecule has 4 nitrogen and oxygen atoms in total. The van der Waals surface area contributed by atoms with Gasteiger partial charge in [-0.15, -0.1) is 0 Å². The average molecular weight is 366 g/mol.